The summed E-state index contributed by atoms with van der Waals surface area (Å²) >= 11 is 0. The zero-order chi connectivity index (χ0) is 14.4. The highest BCUT2D eigenvalue weighted by Gasteiger charge is 2.23. The second-order valence-electron chi connectivity index (χ2n) is 5.27. The van der Waals surface area contributed by atoms with Crippen molar-refractivity contribution in [2.75, 3.05) is 18.9 Å². The van der Waals surface area contributed by atoms with Crippen molar-refractivity contribution in [3.8, 4) is 5.75 Å². The molecule has 1 fully saturated rings. The van der Waals surface area contributed by atoms with Gasteiger partial charge >= 0.3 is 0 Å². The van der Waals surface area contributed by atoms with Gasteiger partial charge in [-0.2, -0.15) is 0 Å². The number of carbonyl (C=O) groups excluding carboxylic acids is 1. The van der Waals surface area contributed by atoms with Crippen LogP contribution in [0.5, 0.6) is 5.75 Å². The molecule has 1 aromatic rings. The highest BCUT2D eigenvalue weighted by molar-refractivity contribution is 5.77. The molecule has 20 heavy (non-hydrogen) atoms. The molecule has 1 aromatic carbocycles. The molecule has 2 unspecified atom stereocenters. The van der Waals surface area contributed by atoms with Gasteiger partial charge in [0.15, 0.2) is 6.61 Å². The Labute approximate surface area is 119 Å². The van der Waals surface area contributed by atoms with Crippen molar-refractivity contribution in [1.82, 2.24) is 5.32 Å². The van der Waals surface area contributed by atoms with Crippen LogP contribution in [0.1, 0.15) is 25.7 Å². The van der Waals surface area contributed by atoms with Crippen molar-refractivity contribution in [3.05, 3.63) is 24.3 Å². The minimum absolute atomic E-state index is 0.0211. The maximum Gasteiger partial charge on any atom is 0.257 e. The summed E-state index contributed by atoms with van der Waals surface area (Å²) in [6.07, 6.45) is 3.72. The first kappa shape index (κ1) is 14.7. The van der Waals surface area contributed by atoms with E-state index in [9.17, 15) is 9.90 Å². The van der Waals surface area contributed by atoms with Gasteiger partial charge in [-0.1, -0.05) is 12.8 Å². The molecule has 0 heterocycles. The lowest BCUT2D eigenvalue weighted by Crippen LogP contribution is -2.38. The van der Waals surface area contributed by atoms with Crippen molar-refractivity contribution in [3.63, 3.8) is 0 Å². The minimum atomic E-state index is -0.290. The number of hydrogen-bond donors (Lipinski definition) is 3. The van der Waals surface area contributed by atoms with Gasteiger partial charge in [-0.15, -0.1) is 0 Å². The van der Waals surface area contributed by atoms with E-state index in [1.54, 1.807) is 24.3 Å². The molecule has 5 heteroatoms. The Bertz CT molecular complexity index is 433. The van der Waals surface area contributed by atoms with Crippen LogP contribution in [-0.4, -0.2) is 30.3 Å². The van der Waals surface area contributed by atoms with Crippen LogP contribution in [-0.2, 0) is 4.79 Å². The van der Waals surface area contributed by atoms with E-state index < -0.39 is 0 Å². The van der Waals surface area contributed by atoms with Crippen molar-refractivity contribution in [2.24, 2.45) is 5.92 Å². The number of nitrogens with one attached hydrogen (secondary N) is 1. The molecule has 0 saturated heterocycles. The van der Waals surface area contributed by atoms with E-state index in [-0.39, 0.29) is 24.5 Å². The van der Waals surface area contributed by atoms with E-state index in [0.29, 0.717) is 18.0 Å². The van der Waals surface area contributed by atoms with Gasteiger partial charge in [-0.25, -0.2) is 0 Å². The largest absolute Gasteiger partial charge is 0.484 e. The molecule has 0 spiro atoms. The zero-order valence-corrected chi connectivity index (χ0v) is 11.5. The van der Waals surface area contributed by atoms with Gasteiger partial charge in [0.05, 0.1) is 6.10 Å². The Morgan fingerprint density at radius 3 is 2.70 bits per heavy atom. The lowest BCUT2D eigenvalue weighted by Gasteiger charge is -2.27. The number of rotatable bonds is 5. The number of nitrogens with two attached hydrogens (primary N) is 1. The number of carbonyl (C=O) groups is 1. The standard InChI is InChI=1S/C15H22N2O3/c16-12-5-7-13(8-6-12)20-10-15(19)17-9-11-3-1-2-4-14(11)18/h5-8,11,14,18H,1-4,9-10,16H2,(H,17,19). The average molecular weight is 278 g/mol. The third-order valence-corrected chi connectivity index (χ3v) is 3.68. The first-order chi connectivity index (χ1) is 9.65. The average Bonchev–Trinajstić information content (AvgIpc) is 2.46. The first-order valence-electron chi connectivity index (χ1n) is 7.08. The third-order valence-electron chi connectivity index (χ3n) is 3.68. The van der Waals surface area contributed by atoms with Crippen LogP contribution >= 0.6 is 0 Å². The molecule has 5 nitrogen and oxygen atoms in total. The highest BCUT2D eigenvalue weighted by atomic mass is 16.5. The quantitative estimate of drug-likeness (QED) is 0.709. The van der Waals surface area contributed by atoms with Gasteiger partial charge in [0.2, 0.25) is 0 Å². The molecule has 0 radical (unpaired) electrons. The fourth-order valence-electron chi connectivity index (χ4n) is 2.44. The number of aliphatic hydroxyl groups excluding tert-OH is 1. The third kappa shape index (κ3) is 4.42. The SMILES string of the molecule is Nc1ccc(OCC(=O)NCC2CCCCC2O)cc1. The van der Waals surface area contributed by atoms with E-state index in [4.69, 9.17) is 10.5 Å². The van der Waals surface area contributed by atoms with E-state index in [1.165, 1.54) is 0 Å². The number of aliphatic hydroxyl groups is 1. The summed E-state index contributed by atoms with van der Waals surface area (Å²) in [4.78, 5) is 11.7. The maximum atomic E-state index is 11.7. The summed E-state index contributed by atoms with van der Waals surface area (Å²) in [5.41, 5.74) is 6.23. The Kier molecular flexibility index (Phi) is 5.24. The predicted octanol–water partition coefficient (Wildman–Crippen LogP) is 1.31. The summed E-state index contributed by atoms with van der Waals surface area (Å²) in [6.45, 7) is 0.498. The van der Waals surface area contributed by atoms with Gasteiger partial charge in [-0.05, 0) is 37.1 Å². The molecule has 1 aliphatic rings. The summed E-state index contributed by atoms with van der Waals surface area (Å²) in [5, 5.41) is 12.6. The van der Waals surface area contributed by atoms with E-state index in [1.807, 2.05) is 0 Å². The van der Waals surface area contributed by atoms with Gasteiger partial charge in [0.1, 0.15) is 5.75 Å². The molecule has 0 aromatic heterocycles. The zero-order valence-electron chi connectivity index (χ0n) is 11.5. The molecule has 0 bridgehead atoms. The van der Waals surface area contributed by atoms with Crippen molar-refractivity contribution in [1.29, 1.82) is 0 Å². The molecule has 2 rings (SSSR count). The minimum Gasteiger partial charge on any atom is -0.484 e. The Balaban J connectivity index is 1.68. The van der Waals surface area contributed by atoms with Gasteiger partial charge in [0, 0.05) is 18.2 Å². The summed E-state index contributed by atoms with van der Waals surface area (Å²) in [5.74, 6) is 0.621. The number of anilines is 1. The summed E-state index contributed by atoms with van der Waals surface area (Å²) in [6, 6.07) is 6.91. The summed E-state index contributed by atoms with van der Waals surface area (Å²) in [7, 11) is 0. The van der Waals surface area contributed by atoms with Crippen molar-refractivity contribution < 1.29 is 14.6 Å². The number of nitrogen functional groups attached to an aromatic ring is 1. The molecule has 1 saturated carbocycles. The van der Waals surface area contributed by atoms with E-state index in [0.717, 1.165) is 25.7 Å². The highest BCUT2D eigenvalue weighted by Crippen LogP contribution is 2.23. The number of hydrogen-bond acceptors (Lipinski definition) is 4. The second-order valence-corrected chi connectivity index (χ2v) is 5.27. The molecule has 1 amide bonds. The topological polar surface area (TPSA) is 84.6 Å². The van der Waals surface area contributed by atoms with Gasteiger partial charge < -0.3 is 20.9 Å². The van der Waals surface area contributed by atoms with E-state index >= 15 is 0 Å². The monoisotopic (exact) mass is 278 g/mol. The number of amides is 1. The van der Waals surface area contributed by atoms with Gasteiger partial charge in [-0.3, -0.25) is 4.79 Å². The second kappa shape index (κ2) is 7.14. The van der Waals surface area contributed by atoms with E-state index in [2.05, 4.69) is 5.32 Å². The fraction of sp³-hybridized carbons (Fsp3) is 0.533. The van der Waals surface area contributed by atoms with Crippen LogP contribution in [0.2, 0.25) is 0 Å². The molecule has 2 atom stereocenters. The van der Waals surface area contributed by atoms with Crippen LogP contribution in [0, 0.1) is 5.92 Å². The summed E-state index contributed by atoms with van der Waals surface area (Å²) < 4.78 is 5.36. The molecule has 0 aliphatic heterocycles. The van der Waals surface area contributed by atoms with Crippen molar-refractivity contribution >= 4 is 11.6 Å². The van der Waals surface area contributed by atoms with Gasteiger partial charge in [0.25, 0.3) is 5.91 Å². The van der Waals surface area contributed by atoms with Crippen LogP contribution < -0.4 is 15.8 Å². The molecule has 110 valence electrons. The number of benzene rings is 1. The van der Waals surface area contributed by atoms with Crippen LogP contribution in [0.25, 0.3) is 0 Å². The molecule has 1 aliphatic carbocycles. The molecular weight excluding hydrogens is 256 g/mol. The molecular formula is C15H22N2O3. The normalized spacial score (nSPS) is 22.2. The van der Waals surface area contributed by atoms with Crippen LogP contribution in [0.4, 0.5) is 5.69 Å². The lowest BCUT2D eigenvalue weighted by atomic mass is 9.86. The van der Waals surface area contributed by atoms with Crippen LogP contribution in [0.15, 0.2) is 24.3 Å². The number of ether oxygens (including phenoxy) is 1. The van der Waals surface area contributed by atoms with Crippen molar-refractivity contribution in [2.45, 2.75) is 31.8 Å². The molecule has 4 N–H and O–H groups in total. The first-order valence-corrected chi connectivity index (χ1v) is 7.08. The Morgan fingerprint density at radius 1 is 1.30 bits per heavy atom. The lowest BCUT2D eigenvalue weighted by molar-refractivity contribution is -0.123. The smallest absolute Gasteiger partial charge is 0.257 e. The maximum absolute atomic E-state index is 11.7. The Hall–Kier alpha value is -1.75. The predicted molar refractivity (Wildman–Crippen MR) is 77.3 cm³/mol. The fourth-order valence-corrected chi connectivity index (χ4v) is 2.44. The Morgan fingerprint density at radius 2 is 2.00 bits per heavy atom. The van der Waals surface area contributed by atoms with Crippen LogP contribution in [0.3, 0.4) is 0 Å².